The van der Waals surface area contributed by atoms with E-state index in [4.69, 9.17) is 5.73 Å². The van der Waals surface area contributed by atoms with Crippen molar-refractivity contribution in [3.63, 3.8) is 0 Å². The molecule has 1 amide bonds. The van der Waals surface area contributed by atoms with E-state index in [9.17, 15) is 13.2 Å². The summed E-state index contributed by atoms with van der Waals surface area (Å²) in [5.41, 5.74) is 6.86. The number of benzene rings is 1. The molecule has 0 spiro atoms. The number of sulfone groups is 1. The number of anilines is 3. The molecule has 0 radical (unpaired) electrons. The Labute approximate surface area is 215 Å². The monoisotopic (exact) mass is 516 g/mol. The lowest BCUT2D eigenvalue weighted by molar-refractivity contribution is 0.0997. The van der Waals surface area contributed by atoms with Crippen molar-refractivity contribution < 1.29 is 13.2 Å². The van der Waals surface area contributed by atoms with Gasteiger partial charge in [-0.15, -0.1) is 0 Å². The molecule has 10 heteroatoms. The Morgan fingerprint density at radius 3 is 2.57 bits per heavy atom. The van der Waals surface area contributed by atoms with Crippen molar-refractivity contribution in [2.75, 3.05) is 16.8 Å². The van der Waals surface area contributed by atoms with E-state index >= 15 is 0 Å². The highest BCUT2D eigenvalue weighted by Gasteiger charge is 2.40. The van der Waals surface area contributed by atoms with Crippen LogP contribution in [0.1, 0.15) is 37.6 Å². The fourth-order valence-electron chi connectivity index (χ4n) is 5.15. The molecule has 0 aliphatic carbocycles. The first-order valence-corrected chi connectivity index (χ1v) is 13.5. The maximum Gasteiger partial charge on any atom is 0.253 e. The Kier molecular flexibility index (Phi) is 6.07. The number of pyridine rings is 3. The van der Waals surface area contributed by atoms with Gasteiger partial charge < -0.3 is 16.0 Å². The lowest BCUT2D eigenvalue weighted by Gasteiger charge is -2.33. The lowest BCUT2D eigenvalue weighted by atomic mass is 9.97. The van der Waals surface area contributed by atoms with Crippen LogP contribution in [0.15, 0.2) is 76.9 Å². The maximum atomic E-state index is 13.8. The minimum atomic E-state index is -4.21. The Bertz CT molecular complexity index is 1610. The summed E-state index contributed by atoms with van der Waals surface area (Å²) in [6.45, 7) is 6.84. The second-order valence-electron chi connectivity index (χ2n) is 9.97. The molecule has 1 saturated heterocycles. The van der Waals surface area contributed by atoms with Crippen LogP contribution in [0.3, 0.4) is 0 Å². The van der Waals surface area contributed by atoms with Crippen LogP contribution >= 0.6 is 0 Å². The number of hydrogen-bond donors (Lipinski definition) is 2. The molecule has 1 aliphatic heterocycles. The molecule has 37 heavy (non-hydrogen) atoms. The van der Waals surface area contributed by atoms with Gasteiger partial charge in [0.25, 0.3) is 5.91 Å². The Hall–Kier alpha value is -4.05. The molecule has 4 heterocycles. The zero-order valence-corrected chi connectivity index (χ0v) is 21.7. The van der Waals surface area contributed by atoms with Gasteiger partial charge in [0, 0.05) is 35.6 Å². The molecular weight excluding hydrogens is 488 g/mol. The van der Waals surface area contributed by atoms with Gasteiger partial charge in [-0.3, -0.25) is 9.78 Å². The van der Waals surface area contributed by atoms with Gasteiger partial charge in [0.2, 0.25) is 9.84 Å². The summed E-state index contributed by atoms with van der Waals surface area (Å²) in [7, 11) is -4.21. The summed E-state index contributed by atoms with van der Waals surface area (Å²) in [6.07, 6.45) is 3.99. The third kappa shape index (κ3) is 4.48. The van der Waals surface area contributed by atoms with Crippen LogP contribution in [-0.4, -0.2) is 41.4 Å². The van der Waals surface area contributed by atoms with Gasteiger partial charge in [-0.25, -0.2) is 18.4 Å². The first-order valence-electron chi connectivity index (χ1n) is 12.0. The van der Waals surface area contributed by atoms with Crippen molar-refractivity contribution in [3.8, 4) is 0 Å². The average Bonchev–Trinajstić information content (AvgIpc) is 3.15. The molecule has 9 nitrogen and oxygen atoms in total. The number of rotatable bonds is 6. The SMILES string of the molecule is CC1CN(c2nccc(S(=O)(=O)c3cccc(Nc4cccc5ncccc45)n3)c2C(N)=O)C(C)(C)C1. The van der Waals surface area contributed by atoms with E-state index in [1.807, 2.05) is 49.1 Å². The van der Waals surface area contributed by atoms with Crippen molar-refractivity contribution in [2.45, 2.75) is 42.7 Å². The largest absolute Gasteiger partial charge is 0.365 e. The van der Waals surface area contributed by atoms with E-state index in [-0.39, 0.29) is 26.8 Å². The van der Waals surface area contributed by atoms with Crippen LogP contribution in [0.5, 0.6) is 0 Å². The van der Waals surface area contributed by atoms with Gasteiger partial charge in [0.1, 0.15) is 17.2 Å². The summed E-state index contributed by atoms with van der Waals surface area (Å²) >= 11 is 0. The third-order valence-corrected chi connectivity index (χ3v) is 8.36. The number of aromatic nitrogens is 3. The molecule has 4 aromatic rings. The molecule has 0 bridgehead atoms. The minimum Gasteiger partial charge on any atom is -0.365 e. The Morgan fingerprint density at radius 1 is 1.05 bits per heavy atom. The van der Waals surface area contributed by atoms with Gasteiger partial charge in [-0.1, -0.05) is 19.1 Å². The minimum absolute atomic E-state index is 0.120. The van der Waals surface area contributed by atoms with E-state index in [0.717, 1.165) is 23.0 Å². The van der Waals surface area contributed by atoms with Crippen molar-refractivity contribution in [1.82, 2.24) is 15.0 Å². The van der Waals surface area contributed by atoms with Gasteiger partial charge >= 0.3 is 0 Å². The molecule has 1 aliphatic rings. The average molecular weight is 517 g/mol. The highest BCUT2D eigenvalue weighted by Crippen LogP contribution is 2.39. The molecule has 3 N–H and O–H groups in total. The van der Waals surface area contributed by atoms with E-state index in [2.05, 4.69) is 27.2 Å². The zero-order chi connectivity index (χ0) is 26.4. The Balaban J connectivity index is 1.57. The predicted molar refractivity (Wildman–Crippen MR) is 143 cm³/mol. The molecule has 1 aromatic carbocycles. The van der Waals surface area contributed by atoms with Crippen LogP contribution < -0.4 is 16.0 Å². The molecular formula is C27H28N6O3S. The third-order valence-electron chi connectivity index (χ3n) is 6.66. The number of nitrogens with two attached hydrogens (primary N) is 1. The molecule has 190 valence electrons. The van der Waals surface area contributed by atoms with Gasteiger partial charge in [-0.2, -0.15) is 0 Å². The van der Waals surface area contributed by atoms with Crippen molar-refractivity contribution in [2.24, 2.45) is 11.7 Å². The zero-order valence-electron chi connectivity index (χ0n) is 20.8. The van der Waals surface area contributed by atoms with Gasteiger partial charge in [0.05, 0.1) is 10.4 Å². The van der Waals surface area contributed by atoms with E-state index in [1.54, 1.807) is 18.3 Å². The van der Waals surface area contributed by atoms with Crippen LogP contribution in [0.4, 0.5) is 17.3 Å². The van der Waals surface area contributed by atoms with Gasteiger partial charge in [-0.05, 0) is 68.7 Å². The van der Waals surface area contributed by atoms with Crippen molar-refractivity contribution in [1.29, 1.82) is 0 Å². The van der Waals surface area contributed by atoms with Gasteiger partial charge in [0.15, 0.2) is 5.03 Å². The number of fused-ring (bicyclic) bond motifs is 1. The van der Waals surface area contributed by atoms with Crippen LogP contribution in [0.25, 0.3) is 10.9 Å². The second kappa shape index (κ2) is 9.11. The van der Waals surface area contributed by atoms with E-state index in [1.165, 1.54) is 18.3 Å². The summed E-state index contributed by atoms with van der Waals surface area (Å²) < 4.78 is 27.6. The normalized spacial score (nSPS) is 17.2. The fourth-order valence-corrected chi connectivity index (χ4v) is 6.55. The highest BCUT2D eigenvalue weighted by atomic mass is 32.2. The summed E-state index contributed by atoms with van der Waals surface area (Å²) in [6, 6.07) is 15.4. The first-order chi connectivity index (χ1) is 17.6. The fraction of sp³-hybridized carbons (Fsp3) is 0.259. The van der Waals surface area contributed by atoms with Crippen LogP contribution in [0.2, 0.25) is 0 Å². The van der Waals surface area contributed by atoms with E-state index in [0.29, 0.717) is 18.3 Å². The molecule has 0 saturated carbocycles. The number of carbonyl (C=O) groups is 1. The number of hydrogen-bond acceptors (Lipinski definition) is 8. The number of nitrogens with zero attached hydrogens (tertiary/aromatic N) is 4. The predicted octanol–water partition coefficient (Wildman–Crippen LogP) is 4.32. The Morgan fingerprint density at radius 2 is 1.84 bits per heavy atom. The number of nitrogens with one attached hydrogen (secondary N) is 1. The molecule has 1 fully saturated rings. The van der Waals surface area contributed by atoms with Crippen molar-refractivity contribution >= 4 is 44.0 Å². The first kappa shape index (κ1) is 24.6. The molecule has 5 rings (SSSR count). The number of primary amides is 1. The molecule has 1 unspecified atom stereocenters. The topological polar surface area (TPSA) is 131 Å². The summed E-state index contributed by atoms with van der Waals surface area (Å²) in [4.78, 5) is 27.6. The standard InChI is InChI=1S/C27H28N6O3S/c1-17-15-27(2,3)33(16-17)26-24(25(28)34)21(12-14-30-26)37(35,36)23-11-5-10-22(32-23)31-20-9-4-8-19-18(20)7-6-13-29-19/h4-14,17H,15-16H2,1-3H3,(H2,28,34)(H,31,32). The molecule has 3 aromatic heterocycles. The quantitative estimate of drug-likeness (QED) is 0.387. The smallest absolute Gasteiger partial charge is 0.253 e. The maximum absolute atomic E-state index is 13.8. The summed E-state index contributed by atoms with van der Waals surface area (Å²) in [5, 5.41) is 3.86. The molecule has 1 atom stereocenters. The van der Waals surface area contributed by atoms with E-state index < -0.39 is 15.7 Å². The second-order valence-corrected chi connectivity index (χ2v) is 11.8. The van der Waals surface area contributed by atoms with Crippen LogP contribution in [-0.2, 0) is 9.84 Å². The highest BCUT2D eigenvalue weighted by molar-refractivity contribution is 7.91. The number of amides is 1. The number of carbonyl (C=O) groups excluding carboxylic acids is 1. The van der Waals surface area contributed by atoms with Crippen LogP contribution in [0, 0.1) is 5.92 Å². The van der Waals surface area contributed by atoms with Crippen molar-refractivity contribution in [3.05, 3.63) is 72.6 Å². The summed E-state index contributed by atoms with van der Waals surface area (Å²) in [5.74, 6) is 0.114. The lowest BCUT2D eigenvalue weighted by Crippen LogP contribution is -2.40.